The van der Waals surface area contributed by atoms with Crippen molar-refractivity contribution in [3.05, 3.63) is 29.8 Å². The lowest BCUT2D eigenvalue weighted by atomic mass is 10.1. The third-order valence-electron chi connectivity index (χ3n) is 4.10. The molecule has 0 bridgehead atoms. The third-order valence-corrected chi connectivity index (χ3v) is 4.10. The van der Waals surface area contributed by atoms with Gasteiger partial charge < -0.3 is 14.5 Å². The molecule has 1 aromatic carbocycles. The molecule has 5 nitrogen and oxygen atoms in total. The zero-order valence-corrected chi connectivity index (χ0v) is 14.2. The van der Waals surface area contributed by atoms with E-state index in [-0.39, 0.29) is 11.8 Å². The lowest BCUT2D eigenvalue weighted by molar-refractivity contribution is -0.139. The Kier molecular flexibility index (Phi) is 6.02. The van der Waals surface area contributed by atoms with Crippen LogP contribution in [0.4, 0.5) is 0 Å². The van der Waals surface area contributed by atoms with Crippen molar-refractivity contribution >= 4 is 11.8 Å². The van der Waals surface area contributed by atoms with E-state index in [0.29, 0.717) is 44.9 Å². The molecule has 2 rings (SSSR count). The minimum atomic E-state index is 0.0884. The fourth-order valence-corrected chi connectivity index (χ4v) is 2.81. The average molecular weight is 318 g/mol. The van der Waals surface area contributed by atoms with Gasteiger partial charge in [0.15, 0.2) is 0 Å². The minimum Gasteiger partial charge on any atom is -0.496 e. The van der Waals surface area contributed by atoms with Crippen LogP contribution in [0.1, 0.15) is 25.8 Å². The highest BCUT2D eigenvalue weighted by Crippen LogP contribution is 2.19. The van der Waals surface area contributed by atoms with E-state index in [0.717, 1.165) is 11.3 Å². The number of carbonyl (C=O) groups excluding carboxylic acids is 2. The van der Waals surface area contributed by atoms with Crippen molar-refractivity contribution in [1.82, 2.24) is 9.80 Å². The summed E-state index contributed by atoms with van der Waals surface area (Å²) in [6.07, 6.45) is 0.916. The van der Waals surface area contributed by atoms with Crippen LogP contribution >= 0.6 is 0 Å². The number of ether oxygens (including phenoxy) is 1. The molecule has 1 aromatic rings. The van der Waals surface area contributed by atoms with Gasteiger partial charge in [-0.05, 0) is 12.0 Å². The first kappa shape index (κ1) is 17.3. The van der Waals surface area contributed by atoms with Crippen LogP contribution in [0.15, 0.2) is 24.3 Å². The third kappa shape index (κ3) is 4.71. The molecule has 5 heteroatoms. The molecular weight excluding hydrogens is 292 g/mol. The number of piperazine rings is 1. The Hall–Kier alpha value is -2.04. The van der Waals surface area contributed by atoms with Crippen LogP contribution in [0, 0.1) is 5.92 Å². The van der Waals surface area contributed by atoms with E-state index in [1.807, 2.05) is 47.9 Å². The van der Waals surface area contributed by atoms with Crippen molar-refractivity contribution in [3.63, 3.8) is 0 Å². The maximum atomic E-state index is 12.5. The highest BCUT2D eigenvalue weighted by atomic mass is 16.5. The molecule has 23 heavy (non-hydrogen) atoms. The summed E-state index contributed by atoms with van der Waals surface area (Å²) in [5.74, 6) is 1.39. The Balaban J connectivity index is 1.87. The molecule has 1 fully saturated rings. The average Bonchev–Trinajstić information content (AvgIpc) is 2.55. The molecule has 1 heterocycles. The van der Waals surface area contributed by atoms with E-state index < -0.39 is 0 Å². The van der Waals surface area contributed by atoms with Crippen LogP contribution in [0.3, 0.4) is 0 Å². The second kappa shape index (κ2) is 7.99. The summed E-state index contributed by atoms with van der Waals surface area (Å²) < 4.78 is 5.30. The lowest BCUT2D eigenvalue weighted by Gasteiger charge is -2.35. The highest BCUT2D eigenvalue weighted by Gasteiger charge is 2.24. The normalized spacial score (nSPS) is 15.0. The van der Waals surface area contributed by atoms with Gasteiger partial charge in [0.25, 0.3) is 0 Å². The van der Waals surface area contributed by atoms with Crippen molar-refractivity contribution in [3.8, 4) is 5.75 Å². The SMILES string of the molecule is COc1ccccc1CC(=O)N1CCN(C(=O)CC(C)C)CC1. The predicted octanol–water partition coefficient (Wildman–Crippen LogP) is 1.95. The van der Waals surface area contributed by atoms with Gasteiger partial charge in [-0.25, -0.2) is 0 Å². The van der Waals surface area contributed by atoms with E-state index in [9.17, 15) is 9.59 Å². The van der Waals surface area contributed by atoms with Crippen molar-refractivity contribution in [2.45, 2.75) is 26.7 Å². The van der Waals surface area contributed by atoms with Crippen molar-refractivity contribution in [1.29, 1.82) is 0 Å². The Morgan fingerprint density at radius 2 is 1.61 bits per heavy atom. The first-order valence-corrected chi connectivity index (χ1v) is 8.18. The van der Waals surface area contributed by atoms with Gasteiger partial charge in [-0.1, -0.05) is 32.0 Å². The quantitative estimate of drug-likeness (QED) is 0.834. The molecule has 1 aliphatic rings. The van der Waals surface area contributed by atoms with Gasteiger partial charge >= 0.3 is 0 Å². The largest absolute Gasteiger partial charge is 0.496 e. The number of benzene rings is 1. The van der Waals surface area contributed by atoms with Gasteiger partial charge in [-0.2, -0.15) is 0 Å². The Labute approximate surface area is 138 Å². The van der Waals surface area contributed by atoms with Crippen LogP contribution in [0.5, 0.6) is 5.75 Å². The number of carbonyl (C=O) groups is 2. The number of hydrogen-bond donors (Lipinski definition) is 0. The number of hydrogen-bond acceptors (Lipinski definition) is 3. The molecule has 0 radical (unpaired) electrons. The van der Waals surface area contributed by atoms with Gasteiger partial charge in [-0.3, -0.25) is 9.59 Å². The summed E-state index contributed by atoms with van der Waals surface area (Å²) in [5.41, 5.74) is 0.901. The molecule has 0 aromatic heterocycles. The molecule has 126 valence electrons. The summed E-state index contributed by atoms with van der Waals surface area (Å²) in [6.45, 7) is 6.57. The summed E-state index contributed by atoms with van der Waals surface area (Å²) in [4.78, 5) is 28.2. The zero-order chi connectivity index (χ0) is 16.8. The Morgan fingerprint density at radius 3 is 2.17 bits per heavy atom. The van der Waals surface area contributed by atoms with Crippen LogP contribution in [0.25, 0.3) is 0 Å². The van der Waals surface area contributed by atoms with Gasteiger partial charge in [0.1, 0.15) is 5.75 Å². The standard InChI is InChI=1S/C18H26N2O3/c1-14(2)12-17(21)19-8-10-20(11-9-19)18(22)13-15-6-4-5-7-16(15)23-3/h4-7,14H,8-13H2,1-3H3. The predicted molar refractivity (Wildman–Crippen MR) is 89.3 cm³/mol. The lowest BCUT2D eigenvalue weighted by Crippen LogP contribution is -2.51. The van der Waals surface area contributed by atoms with Crippen LogP contribution in [-0.2, 0) is 16.0 Å². The highest BCUT2D eigenvalue weighted by molar-refractivity contribution is 5.80. The topological polar surface area (TPSA) is 49.9 Å². The summed E-state index contributed by atoms with van der Waals surface area (Å²) in [7, 11) is 1.61. The minimum absolute atomic E-state index is 0.0884. The smallest absolute Gasteiger partial charge is 0.227 e. The molecule has 0 atom stereocenters. The molecular formula is C18H26N2O3. The molecule has 1 aliphatic heterocycles. The van der Waals surface area contributed by atoms with Crippen LogP contribution < -0.4 is 4.74 Å². The molecule has 0 aliphatic carbocycles. The zero-order valence-electron chi connectivity index (χ0n) is 14.2. The fourth-order valence-electron chi connectivity index (χ4n) is 2.81. The molecule has 0 spiro atoms. The first-order valence-electron chi connectivity index (χ1n) is 8.18. The Morgan fingerprint density at radius 1 is 1.04 bits per heavy atom. The number of nitrogens with zero attached hydrogens (tertiary/aromatic N) is 2. The van der Waals surface area contributed by atoms with Crippen LogP contribution in [0.2, 0.25) is 0 Å². The van der Waals surface area contributed by atoms with E-state index in [1.165, 1.54) is 0 Å². The van der Waals surface area contributed by atoms with Crippen molar-refractivity contribution in [2.75, 3.05) is 33.3 Å². The number of rotatable bonds is 5. The summed E-state index contributed by atoms with van der Waals surface area (Å²) >= 11 is 0. The van der Waals surface area contributed by atoms with E-state index in [4.69, 9.17) is 4.74 Å². The number of methoxy groups -OCH3 is 1. The maximum absolute atomic E-state index is 12.5. The summed E-state index contributed by atoms with van der Waals surface area (Å²) in [5, 5.41) is 0. The molecule has 0 N–H and O–H groups in total. The van der Waals surface area contributed by atoms with Gasteiger partial charge in [-0.15, -0.1) is 0 Å². The Bertz CT molecular complexity index is 549. The monoisotopic (exact) mass is 318 g/mol. The van der Waals surface area contributed by atoms with Gasteiger partial charge in [0.05, 0.1) is 13.5 Å². The maximum Gasteiger partial charge on any atom is 0.227 e. The molecule has 1 saturated heterocycles. The van der Waals surface area contributed by atoms with Crippen LogP contribution in [-0.4, -0.2) is 54.9 Å². The van der Waals surface area contributed by atoms with E-state index in [2.05, 4.69) is 0 Å². The molecule has 0 saturated carbocycles. The molecule has 0 unspecified atom stereocenters. The van der Waals surface area contributed by atoms with Crippen molar-refractivity contribution in [2.24, 2.45) is 5.92 Å². The van der Waals surface area contributed by atoms with E-state index >= 15 is 0 Å². The van der Waals surface area contributed by atoms with Gasteiger partial charge in [0, 0.05) is 38.2 Å². The number of para-hydroxylation sites is 1. The number of amides is 2. The summed E-state index contributed by atoms with van der Waals surface area (Å²) in [6, 6.07) is 7.59. The molecule has 2 amide bonds. The van der Waals surface area contributed by atoms with E-state index in [1.54, 1.807) is 7.11 Å². The first-order chi connectivity index (χ1) is 11.0. The second-order valence-corrected chi connectivity index (χ2v) is 6.35. The second-order valence-electron chi connectivity index (χ2n) is 6.35. The van der Waals surface area contributed by atoms with Crippen molar-refractivity contribution < 1.29 is 14.3 Å². The van der Waals surface area contributed by atoms with Gasteiger partial charge in [0.2, 0.25) is 11.8 Å². The fraction of sp³-hybridized carbons (Fsp3) is 0.556.